The van der Waals surface area contributed by atoms with Crippen LogP contribution in [0.2, 0.25) is 0 Å². The Labute approximate surface area is 138 Å². The number of nitrogens with zero attached hydrogens (tertiary/aromatic N) is 4. The average molecular weight is 329 g/mol. The fourth-order valence-corrected chi connectivity index (χ4v) is 2.37. The zero-order chi connectivity index (χ0) is 16.9. The standard InChI is InChI=1S/C16H19N5O3/c1-23-9-12(22)7-21-10-18-13-14(21)19-16(17)20-15(13)24-8-11-5-3-2-4-6-11/h2-6,10,12,22H,7-9H2,1H3,(H2,17,19,20)/t12-/m0/s1. The molecule has 3 aromatic rings. The summed E-state index contributed by atoms with van der Waals surface area (Å²) in [5.41, 5.74) is 7.81. The topological polar surface area (TPSA) is 108 Å². The molecule has 3 N–H and O–H groups in total. The molecule has 0 aliphatic carbocycles. The van der Waals surface area contributed by atoms with E-state index in [-0.39, 0.29) is 12.6 Å². The molecule has 2 aromatic heterocycles. The van der Waals surface area contributed by atoms with Crippen molar-refractivity contribution >= 4 is 17.1 Å². The maximum Gasteiger partial charge on any atom is 0.247 e. The van der Waals surface area contributed by atoms with Crippen molar-refractivity contribution in [1.82, 2.24) is 19.5 Å². The SMILES string of the molecule is COC[C@@H](O)Cn1cnc2c(OCc3ccccc3)nc(N)nc21. The van der Waals surface area contributed by atoms with Crippen LogP contribution in [0.15, 0.2) is 36.7 Å². The summed E-state index contributed by atoms with van der Waals surface area (Å²) in [4.78, 5) is 12.6. The normalized spacial score (nSPS) is 12.4. The van der Waals surface area contributed by atoms with Crippen molar-refractivity contribution in [1.29, 1.82) is 0 Å². The lowest BCUT2D eigenvalue weighted by Gasteiger charge is -2.11. The lowest BCUT2D eigenvalue weighted by atomic mass is 10.2. The van der Waals surface area contributed by atoms with Crippen LogP contribution in [0.5, 0.6) is 5.88 Å². The van der Waals surface area contributed by atoms with E-state index in [0.717, 1.165) is 5.56 Å². The highest BCUT2D eigenvalue weighted by molar-refractivity contribution is 5.77. The molecule has 8 nitrogen and oxygen atoms in total. The smallest absolute Gasteiger partial charge is 0.247 e. The summed E-state index contributed by atoms with van der Waals surface area (Å²) in [5, 5.41) is 9.89. The number of aliphatic hydroxyl groups excluding tert-OH is 1. The van der Waals surface area contributed by atoms with Crippen LogP contribution in [0, 0.1) is 0 Å². The number of nitrogens with two attached hydrogens (primary N) is 1. The van der Waals surface area contributed by atoms with E-state index in [1.54, 1.807) is 10.9 Å². The first kappa shape index (κ1) is 16.2. The lowest BCUT2D eigenvalue weighted by molar-refractivity contribution is 0.0543. The molecule has 0 unspecified atom stereocenters. The number of hydrogen-bond acceptors (Lipinski definition) is 7. The molecule has 3 rings (SSSR count). The maximum atomic E-state index is 9.89. The Hall–Kier alpha value is -2.71. The number of anilines is 1. The number of aliphatic hydroxyl groups is 1. The fraction of sp³-hybridized carbons (Fsp3) is 0.312. The van der Waals surface area contributed by atoms with Crippen LogP contribution >= 0.6 is 0 Å². The molecule has 24 heavy (non-hydrogen) atoms. The van der Waals surface area contributed by atoms with E-state index in [1.807, 2.05) is 30.3 Å². The van der Waals surface area contributed by atoms with E-state index >= 15 is 0 Å². The van der Waals surface area contributed by atoms with Gasteiger partial charge in [0, 0.05) is 7.11 Å². The highest BCUT2D eigenvalue weighted by Gasteiger charge is 2.15. The molecule has 0 bridgehead atoms. The summed E-state index contributed by atoms with van der Waals surface area (Å²) in [6, 6.07) is 9.74. The number of rotatable bonds is 7. The Morgan fingerprint density at radius 3 is 2.79 bits per heavy atom. The molecule has 0 saturated carbocycles. The first-order valence-electron chi connectivity index (χ1n) is 7.49. The van der Waals surface area contributed by atoms with Gasteiger partial charge in [0.05, 0.1) is 25.6 Å². The van der Waals surface area contributed by atoms with Crippen LogP contribution in [-0.4, -0.2) is 44.4 Å². The Balaban J connectivity index is 1.84. The Morgan fingerprint density at radius 1 is 1.25 bits per heavy atom. The van der Waals surface area contributed by atoms with Gasteiger partial charge in [-0.05, 0) is 5.56 Å². The molecule has 0 saturated heterocycles. The largest absolute Gasteiger partial charge is 0.471 e. The van der Waals surface area contributed by atoms with E-state index < -0.39 is 6.10 Å². The van der Waals surface area contributed by atoms with Gasteiger partial charge >= 0.3 is 0 Å². The highest BCUT2D eigenvalue weighted by Crippen LogP contribution is 2.23. The molecule has 0 aliphatic heterocycles. The van der Waals surface area contributed by atoms with E-state index in [0.29, 0.717) is 30.2 Å². The highest BCUT2D eigenvalue weighted by atomic mass is 16.5. The number of ether oxygens (including phenoxy) is 2. The predicted octanol–water partition coefficient (Wildman–Crippen LogP) is 0.995. The molecule has 0 spiro atoms. The van der Waals surface area contributed by atoms with Gasteiger partial charge in [0.25, 0.3) is 0 Å². The van der Waals surface area contributed by atoms with E-state index in [1.165, 1.54) is 7.11 Å². The minimum absolute atomic E-state index is 0.0912. The predicted molar refractivity (Wildman–Crippen MR) is 88.4 cm³/mol. The quantitative estimate of drug-likeness (QED) is 0.665. The number of aromatic nitrogens is 4. The van der Waals surface area contributed by atoms with E-state index in [9.17, 15) is 5.11 Å². The molecule has 1 aromatic carbocycles. The lowest BCUT2D eigenvalue weighted by Crippen LogP contribution is -2.21. The molecule has 0 radical (unpaired) electrons. The van der Waals surface area contributed by atoms with Crippen LogP contribution in [-0.2, 0) is 17.9 Å². The van der Waals surface area contributed by atoms with Crippen LogP contribution in [0.1, 0.15) is 5.56 Å². The van der Waals surface area contributed by atoms with Gasteiger partial charge < -0.3 is 24.9 Å². The second-order valence-corrected chi connectivity index (χ2v) is 5.34. The third-order valence-corrected chi connectivity index (χ3v) is 3.43. The Bertz CT molecular complexity index is 806. The van der Waals surface area contributed by atoms with Crippen LogP contribution in [0.3, 0.4) is 0 Å². The third kappa shape index (κ3) is 3.61. The van der Waals surface area contributed by atoms with Crippen molar-refractivity contribution in [2.45, 2.75) is 19.3 Å². The molecular formula is C16H19N5O3. The summed E-state index contributed by atoms with van der Waals surface area (Å²) in [5.74, 6) is 0.412. The van der Waals surface area contributed by atoms with Crippen LogP contribution < -0.4 is 10.5 Å². The van der Waals surface area contributed by atoms with Gasteiger partial charge in [-0.3, -0.25) is 0 Å². The minimum atomic E-state index is -0.669. The Kier molecular flexibility index (Phi) is 4.88. The second-order valence-electron chi connectivity index (χ2n) is 5.34. The van der Waals surface area contributed by atoms with Crippen molar-refractivity contribution in [3.63, 3.8) is 0 Å². The van der Waals surface area contributed by atoms with Gasteiger partial charge in [-0.1, -0.05) is 30.3 Å². The minimum Gasteiger partial charge on any atom is -0.471 e. The van der Waals surface area contributed by atoms with Gasteiger partial charge in [-0.2, -0.15) is 9.97 Å². The molecule has 0 amide bonds. The second kappa shape index (κ2) is 7.24. The zero-order valence-corrected chi connectivity index (χ0v) is 13.3. The fourth-order valence-electron chi connectivity index (χ4n) is 2.37. The number of hydrogen-bond donors (Lipinski definition) is 2. The first-order valence-corrected chi connectivity index (χ1v) is 7.49. The number of methoxy groups -OCH3 is 1. The summed E-state index contributed by atoms with van der Waals surface area (Å²) in [6.07, 6.45) is 0.907. The summed E-state index contributed by atoms with van der Waals surface area (Å²) in [6.45, 7) is 0.863. The van der Waals surface area contributed by atoms with E-state index in [4.69, 9.17) is 15.2 Å². The molecule has 126 valence electrons. The summed E-state index contributed by atoms with van der Waals surface area (Å²) >= 11 is 0. The Morgan fingerprint density at radius 2 is 2.04 bits per heavy atom. The van der Waals surface area contributed by atoms with Gasteiger partial charge in [0.15, 0.2) is 11.2 Å². The van der Waals surface area contributed by atoms with Gasteiger partial charge in [-0.15, -0.1) is 0 Å². The summed E-state index contributed by atoms with van der Waals surface area (Å²) in [7, 11) is 1.53. The molecule has 0 fully saturated rings. The monoisotopic (exact) mass is 329 g/mol. The molecule has 0 aliphatic rings. The maximum absolute atomic E-state index is 9.89. The number of benzene rings is 1. The van der Waals surface area contributed by atoms with Crippen molar-refractivity contribution in [3.05, 3.63) is 42.2 Å². The zero-order valence-electron chi connectivity index (χ0n) is 13.3. The van der Waals surface area contributed by atoms with Crippen LogP contribution in [0.25, 0.3) is 11.2 Å². The van der Waals surface area contributed by atoms with Crippen molar-refractivity contribution in [2.24, 2.45) is 0 Å². The van der Waals surface area contributed by atoms with Crippen molar-refractivity contribution in [3.8, 4) is 5.88 Å². The molecule has 2 heterocycles. The number of nitrogen functional groups attached to an aromatic ring is 1. The summed E-state index contributed by atoms with van der Waals surface area (Å²) < 4.78 is 12.4. The van der Waals surface area contributed by atoms with Crippen molar-refractivity contribution < 1.29 is 14.6 Å². The van der Waals surface area contributed by atoms with Crippen molar-refractivity contribution in [2.75, 3.05) is 19.5 Å². The third-order valence-electron chi connectivity index (χ3n) is 3.43. The molecule has 1 atom stereocenters. The number of imidazole rings is 1. The molecular weight excluding hydrogens is 310 g/mol. The first-order chi connectivity index (χ1) is 11.7. The van der Waals surface area contributed by atoms with Crippen LogP contribution in [0.4, 0.5) is 5.95 Å². The van der Waals surface area contributed by atoms with Gasteiger partial charge in [0.1, 0.15) is 6.61 Å². The number of fused-ring (bicyclic) bond motifs is 1. The van der Waals surface area contributed by atoms with E-state index in [2.05, 4.69) is 15.0 Å². The van der Waals surface area contributed by atoms with Gasteiger partial charge in [0.2, 0.25) is 11.8 Å². The average Bonchev–Trinajstić information content (AvgIpc) is 2.96. The molecule has 8 heteroatoms. The van der Waals surface area contributed by atoms with Gasteiger partial charge in [-0.25, -0.2) is 4.98 Å².